The molecule has 0 radical (unpaired) electrons. The summed E-state index contributed by atoms with van der Waals surface area (Å²) in [5.74, 6) is 0. The smallest absolute Gasteiger partial charge is 0.326 e. The van der Waals surface area contributed by atoms with E-state index in [2.05, 4.69) is 26.6 Å². The van der Waals surface area contributed by atoms with Crippen LogP contribution in [0.1, 0.15) is 39.0 Å². The molecule has 0 amide bonds. The normalized spacial score (nSPS) is 38.5. The monoisotopic (exact) mass is 320 g/mol. The summed E-state index contributed by atoms with van der Waals surface area (Å²) in [5, 5.41) is 0. The van der Waals surface area contributed by atoms with Gasteiger partial charge in [-0.05, 0) is 44.1 Å². The second kappa shape index (κ2) is 6.02. The van der Waals surface area contributed by atoms with Crippen molar-refractivity contribution in [1.29, 1.82) is 0 Å². The van der Waals surface area contributed by atoms with Gasteiger partial charge in [0.2, 0.25) is 0 Å². The summed E-state index contributed by atoms with van der Waals surface area (Å²) >= 11 is 0. The summed E-state index contributed by atoms with van der Waals surface area (Å²) in [6, 6.07) is 1.10. The molecule has 106 valence electrons. The highest BCUT2D eigenvalue weighted by Gasteiger charge is 2.62. The molecular formula is C11H28O3Si4. The van der Waals surface area contributed by atoms with E-state index in [4.69, 9.17) is 12.3 Å². The van der Waals surface area contributed by atoms with Gasteiger partial charge in [-0.3, -0.25) is 0 Å². The Morgan fingerprint density at radius 3 is 2.33 bits per heavy atom. The van der Waals surface area contributed by atoms with Crippen LogP contribution in [0.25, 0.3) is 0 Å². The van der Waals surface area contributed by atoms with Crippen molar-refractivity contribution in [3.05, 3.63) is 0 Å². The van der Waals surface area contributed by atoms with Gasteiger partial charge in [-0.2, -0.15) is 0 Å². The number of hydrogen-bond acceptors (Lipinski definition) is 3. The van der Waals surface area contributed by atoms with E-state index in [-0.39, 0.29) is 0 Å². The lowest BCUT2D eigenvalue weighted by atomic mass is 10.0. The average Bonchev–Trinajstić information content (AvgIpc) is 2.34. The molecule has 2 aliphatic rings. The Bertz CT molecular complexity index is 275. The standard InChI is InChI=1S/C11H28O3Si4/c1-5-17(4)13-18(14-17,15-12-16(2)3)11-9-7-6-8-10-11/h11,16H,5-10,15H2,1-4H3. The molecule has 0 aromatic carbocycles. The van der Waals surface area contributed by atoms with Crippen molar-refractivity contribution in [3.8, 4) is 0 Å². The Morgan fingerprint density at radius 2 is 1.83 bits per heavy atom. The lowest BCUT2D eigenvalue weighted by Crippen LogP contribution is -2.74. The minimum Gasteiger partial charge on any atom is -0.461 e. The summed E-state index contributed by atoms with van der Waals surface area (Å²) in [4.78, 5) is 0. The first kappa shape index (κ1) is 15.1. The molecule has 0 spiro atoms. The molecule has 3 nitrogen and oxygen atoms in total. The minimum absolute atomic E-state index is 0.564. The molecule has 1 aliphatic carbocycles. The van der Waals surface area contributed by atoms with Gasteiger partial charge >= 0.3 is 16.6 Å². The quantitative estimate of drug-likeness (QED) is 0.728. The van der Waals surface area contributed by atoms with Crippen molar-refractivity contribution >= 4 is 35.0 Å². The molecule has 7 heteroatoms. The fraction of sp³-hybridized carbons (Fsp3) is 1.00. The summed E-state index contributed by atoms with van der Waals surface area (Å²) in [6.45, 7) is 8.99. The van der Waals surface area contributed by atoms with Crippen molar-refractivity contribution in [2.24, 2.45) is 0 Å². The summed E-state index contributed by atoms with van der Waals surface area (Å²) < 4.78 is 19.3. The third-order valence-electron chi connectivity index (χ3n) is 4.26. The molecule has 1 heterocycles. The zero-order valence-electron chi connectivity index (χ0n) is 12.3. The van der Waals surface area contributed by atoms with Crippen LogP contribution in [0.5, 0.6) is 0 Å². The molecule has 0 atom stereocenters. The summed E-state index contributed by atoms with van der Waals surface area (Å²) in [5.41, 5.74) is 0.762. The van der Waals surface area contributed by atoms with Crippen LogP contribution in [-0.2, 0) is 12.3 Å². The average molecular weight is 321 g/mol. The lowest BCUT2D eigenvalue weighted by Gasteiger charge is -2.55. The Kier molecular flexibility index (Phi) is 5.07. The SMILES string of the molecule is CC[Si]1(C)O[Si]([SiH2]O[SiH](C)C)(C2CCCCC2)O1. The molecule has 0 aromatic heterocycles. The van der Waals surface area contributed by atoms with Crippen molar-refractivity contribution in [1.82, 2.24) is 0 Å². The highest BCUT2D eigenvalue weighted by atomic mass is 29.2. The molecular weight excluding hydrogens is 292 g/mol. The van der Waals surface area contributed by atoms with Gasteiger partial charge in [0.25, 0.3) is 0 Å². The summed E-state index contributed by atoms with van der Waals surface area (Å²) in [6.07, 6.45) is 6.85. The van der Waals surface area contributed by atoms with E-state index < -0.39 is 35.0 Å². The van der Waals surface area contributed by atoms with Crippen LogP contribution in [0.4, 0.5) is 0 Å². The topological polar surface area (TPSA) is 27.7 Å². The van der Waals surface area contributed by atoms with Crippen LogP contribution in [0.3, 0.4) is 0 Å². The molecule has 1 aliphatic heterocycles. The van der Waals surface area contributed by atoms with Gasteiger partial charge in [0, 0.05) is 0 Å². The molecule has 0 bridgehead atoms. The molecule has 1 saturated carbocycles. The first-order valence-electron chi connectivity index (χ1n) is 7.51. The van der Waals surface area contributed by atoms with Crippen LogP contribution in [0.15, 0.2) is 0 Å². The van der Waals surface area contributed by atoms with Gasteiger partial charge in [0.1, 0.15) is 0 Å². The van der Waals surface area contributed by atoms with E-state index in [1.165, 1.54) is 32.1 Å². The zero-order chi connectivity index (χ0) is 13.2. The van der Waals surface area contributed by atoms with Crippen molar-refractivity contribution in [3.63, 3.8) is 0 Å². The predicted octanol–water partition coefficient (Wildman–Crippen LogP) is 2.48. The molecule has 18 heavy (non-hydrogen) atoms. The van der Waals surface area contributed by atoms with Crippen LogP contribution >= 0.6 is 0 Å². The van der Waals surface area contributed by atoms with Crippen molar-refractivity contribution < 1.29 is 12.3 Å². The fourth-order valence-electron chi connectivity index (χ4n) is 3.05. The number of rotatable bonds is 5. The molecule has 1 saturated heterocycles. The maximum Gasteiger partial charge on any atom is 0.326 e. The zero-order valence-corrected chi connectivity index (χ0v) is 16.9. The first-order chi connectivity index (χ1) is 8.50. The van der Waals surface area contributed by atoms with Gasteiger partial charge < -0.3 is 12.3 Å². The third kappa shape index (κ3) is 3.25. The highest BCUT2D eigenvalue weighted by molar-refractivity contribution is 7.25. The van der Waals surface area contributed by atoms with Gasteiger partial charge in [-0.1, -0.05) is 26.2 Å². The van der Waals surface area contributed by atoms with E-state index in [0.717, 1.165) is 11.6 Å². The molecule has 0 aromatic rings. The van der Waals surface area contributed by atoms with E-state index in [1.807, 2.05) is 0 Å². The lowest BCUT2D eigenvalue weighted by molar-refractivity contribution is 0.211. The Labute approximate surface area is 118 Å². The Hall–Kier alpha value is 0.748. The van der Waals surface area contributed by atoms with Gasteiger partial charge in [-0.15, -0.1) is 0 Å². The van der Waals surface area contributed by atoms with Crippen LogP contribution in [-0.4, -0.2) is 35.0 Å². The van der Waals surface area contributed by atoms with E-state index >= 15 is 0 Å². The largest absolute Gasteiger partial charge is 0.461 e. The fourth-order valence-corrected chi connectivity index (χ4v) is 29.3. The predicted molar refractivity (Wildman–Crippen MR) is 85.4 cm³/mol. The molecule has 0 unspecified atom stereocenters. The Morgan fingerprint density at radius 1 is 1.22 bits per heavy atom. The van der Waals surface area contributed by atoms with E-state index in [9.17, 15) is 0 Å². The molecule has 0 N–H and O–H groups in total. The van der Waals surface area contributed by atoms with E-state index in [0.29, 0.717) is 0 Å². The maximum atomic E-state index is 6.57. The van der Waals surface area contributed by atoms with Gasteiger partial charge in [0.05, 0.1) is 0 Å². The van der Waals surface area contributed by atoms with Crippen molar-refractivity contribution in [2.45, 2.75) is 70.3 Å². The molecule has 2 fully saturated rings. The maximum absolute atomic E-state index is 6.57. The van der Waals surface area contributed by atoms with Gasteiger partial charge in [0.15, 0.2) is 18.3 Å². The second-order valence-electron chi connectivity index (χ2n) is 6.20. The highest BCUT2D eigenvalue weighted by Crippen LogP contribution is 2.46. The van der Waals surface area contributed by atoms with E-state index in [1.54, 1.807) is 0 Å². The van der Waals surface area contributed by atoms with Gasteiger partial charge in [-0.25, -0.2) is 0 Å². The Balaban J connectivity index is 1.99. The third-order valence-corrected chi connectivity index (χ3v) is 24.4. The number of hydrogen-bond donors (Lipinski definition) is 0. The van der Waals surface area contributed by atoms with Crippen LogP contribution in [0.2, 0.25) is 31.2 Å². The minimum atomic E-state index is -1.85. The first-order valence-corrected chi connectivity index (χ1v) is 17.6. The van der Waals surface area contributed by atoms with Crippen molar-refractivity contribution in [2.75, 3.05) is 0 Å². The second-order valence-corrected chi connectivity index (χ2v) is 20.8. The molecule has 2 rings (SSSR count). The van der Waals surface area contributed by atoms with Crippen LogP contribution in [0, 0.1) is 0 Å². The summed E-state index contributed by atoms with van der Waals surface area (Å²) in [7, 11) is -5.05. The van der Waals surface area contributed by atoms with Crippen LogP contribution < -0.4 is 0 Å².